The van der Waals surface area contributed by atoms with Crippen LogP contribution in [0.15, 0.2) is 52.9 Å². The van der Waals surface area contributed by atoms with Gasteiger partial charge in [0.05, 0.1) is 31.5 Å². The van der Waals surface area contributed by atoms with Crippen molar-refractivity contribution in [1.82, 2.24) is 20.8 Å². The number of carbonyl (C=O) groups excluding carboxylic acids is 1. The molecule has 11 nitrogen and oxygen atoms in total. The molecule has 4 N–H and O–H groups in total. The molecule has 0 saturated carbocycles. The van der Waals surface area contributed by atoms with Gasteiger partial charge >= 0.3 is 5.97 Å². The van der Waals surface area contributed by atoms with Crippen LogP contribution in [-0.2, 0) is 14.3 Å². The highest BCUT2D eigenvalue weighted by atomic mass is 16.5. The predicted octanol–water partition coefficient (Wildman–Crippen LogP) is 2.57. The molecule has 1 aliphatic heterocycles. The number of rotatable bonds is 11. The second-order valence-electron chi connectivity index (χ2n) is 9.91. The molecule has 0 saturated heterocycles. The monoisotopic (exact) mass is 481 g/mol. The van der Waals surface area contributed by atoms with Crippen LogP contribution in [0.3, 0.4) is 0 Å². The molecule has 2 aromatic rings. The van der Waals surface area contributed by atoms with Crippen LogP contribution in [0.25, 0.3) is 0 Å². The smallest absolute Gasteiger partial charge is 0.303 e. The average Bonchev–Trinajstić information content (AvgIpc) is 2.78. The lowest BCUT2D eigenvalue weighted by Gasteiger charge is -2.28. The van der Waals surface area contributed by atoms with E-state index in [9.17, 15) is 9.59 Å². The lowest BCUT2D eigenvalue weighted by atomic mass is 9.88. The minimum Gasteiger partial charge on any atom is -0.481 e. The van der Waals surface area contributed by atoms with Gasteiger partial charge < -0.3 is 15.2 Å². The second kappa shape index (κ2) is 11.0. The number of hydrogen-bond acceptors (Lipinski definition) is 9. The van der Waals surface area contributed by atoms with E-state index in [1.54, 1.807) is 24.5 Å². The van der Waals surface area contributed by atoms with E-state index in [2.05, 4.69) is 36.3 Å². The molecule has 35 heavy (non-hydrogen) atoms. The first-order valence-corrected chi connectivity index (χ1v) is 11.2. The Morgan fingerprint density at radius 1 is 0.914 bits per heavy atom. The number of amidine groups is 2. The zero-order valence-electron chi connectivity index (χ0n) is 20.3. The normalized spacial score (nSPS) is 13.7. The minimum absolute atomic E-state index is 0.0205. The number of hydrogen-bond donors (Lipinski definition) is 4. The molecule has 0 aliphatic carbocycles. The maximum atomic E-state index is 12.5. The first-order valence-electron chi connectivity index (χ1n) is 11.2. The summed E-state index contributed by atoms with van der Waals surface area (Å²) < 4.78 is 5.74. The fraction of sp³-hybridized carbons (Fsp3) is 0.417. The maximum Gasteiger partial charge on any atom is 0.303 e. The van der Waals surface area contributed by atoms with Crippen LogP contribution in [0.5, 0.6) is 0 Å². The number of nitrogens with one attached hydrogen (secondary N) is 3. The highest BCUT2D eigenvalue weighted by Gasteiger charge is 2.26. The van der Waals surface area contributed by atoms with E-state index < -0.39 is 16.8 Å². The molecule has 0 bridgehead atoms. The summed E-state index contributed by atoms with van der Waals surface area (Å²) in [7, 11) is 0. The zero-order valence-corrected chi connectivity index (χ0v) is 20.3. The number of ether oxygens (including phenoxy) is 1. The van der Waals surface area contributed by atoms with Gasteiger partial charge in [0, 0.05) is 12.6 Å². The van der Waals surface area contributed by atoms with Gasteiger partial charge in [-0.25, -0.2) is 0 Å². The number of nitrogens with zero attached hydrogens (tertiary/aromatic N) is 4. The Bertz CT molecular complexity index is 1100. The third-order valence-electron chi connectivity index (χ3n) is 5.00. The summed E-state index contributed by atoms with van der Waals surface area (Å²) in [4.78, 5) is 32.0. The molecule has 1 aliphatic rings. The van der Waals surface area contributed by atoms with Crippen LogP contribution in [-0.4, -0.2) is 51.8 Å². The van der Waals surface area contributed by atoms with Crippen molar-refractivity contribution in [3.63, 3.8) is 0 Å². The molecule has 3 heterocycles. The van der Waals surface area contributed by atoms with Gasteiger partial charge in [0.2, 0.25) is 5.91 Å². The first kappa shape index (κ1) is 25.8. The summed E-state index contributed by atoms with van der Waals surface area (Å²) in [5, 5.41) is 20.3. The average molecular weight is 482 g/mol. The molecule has 11 heteroatoms. The number of anilines is 1. The quantitative estimate of drug-likeness (QED) is 0.382. The van der Waals surface area contributed by atoms with Crippen LogP contribution in [0.2, 0.25) is 0 Å². The van der Waals surface area contributed by atoms with Gasteiger partial charge in [0.25, 0.3) is 0 Å². The first-order chi connectivity index (χ1) is 16.5. The van der Waals surface area contributed by atoms with Crippen LogP contribution in [0, 0.1) is 10.8 Å². The van der Waals surface area contributed by atoms with Gasteiger partial charge in [0.15, 0.2) is 11.7 Å². The van der Waals surface area contributed by atoms with E-state index >= 15 is 0 Å². The Balaban J connectivity index is 1.47. The molecular formula is C24H31N7O4. The van der Waals surface area contributed by atoms with Crippen molar-refractivity contribution in [3.8, 4) is 0 Å². The lowest BCUT2D eigenvalue weighted by Crippen LogP contribution is -2.35. The van der Waals surface area contributed by atoms with Gasteiger partial charge in [0.1, 0.15) is 11.4 Å². The van der Waals surface area contributed by atoms with Gasteiger partial charge in [-0.05, 0) is 35.1 Å². The van der Waals surface area contributed by atoms with Gasteiger partial charge in [-0.2, -0.15) is 10.2 Å². The third kappa shape index (κ3) is 8.14. The molecule has 3 rings (SSSR count). The van der Waals surface area contributed by atoms with Crippen molar-refractivity contribution in [1.29, 1.82) is 0 Å². The Labute approximate surface area is 204 Å². The summed E-state index contributed by atoms with van der Waals surface area (Å²) in [5.41, 5.74) is 6.58. The Morgan fingerprint density at radius 3 is 2.06 bits per heavy atom. The lowest BCUT2D eigenvalue weighted by molar-refractivity contribution is -0.140. The van der Waals surface area contributed by atoms with Crippen molar-refractivity contribution in [3.05, 3.63) is 54.1 Å². The van der Waals surface area contributed by atoms with Crippen molar-refractivity contribution >= 4 is 29.2 Å². The maximum absolute atomic E-state index is 12.5. The SMILES string of the molecule is CC(C)(COCC(C)(C)CC(=O)Nc1ccc(C2=NNC(c3ccccn3)=NN2)nc1)CC(=O)O. The van der Waals surface area contributed by atoms with E-state index in [1.807, 2.05) is 45.9 Å². The molecule has 0 spiro atoms. The Kier molecular flexibility index (Phi) is 8.13. The fourth-order valence-electron chi connectivity index (χ4n) is 3.36. The topological polar surface area (TPSA) is 150 Å². The van der Waals surface area contributed by atoms with E-state index in [-0.39, 0.29) is 18.7 Å². The number of aliphatic carboxylic acids is 1. The molecule has 0 radical (unpaired) electrons. The summed E-state index contributed by atoms with van der Waals surface area (Å²) >= 11 is 0. The van der Waals surface area contributed by atoms with E-state index in [1.165, 1.54) is 0 Å². The van der Waals surface area contributed by atoms with Gasteiger partial charge in [-0.1, -0.05) is 33.8 Å². The second-order valence-corrected chi connectivity index (χ2v) is 9.91. The van der Waals surface area contributed by atoms with E-state index in [4.69, 9.17) is 9.84 Å². The molecule has 0 aromatic carbocycles. The number of carbonyl (C=O) groups is 2. The molecule has 0 atom stereocenters. The highest BCUT2D eigenvalue weighted by Crippen LogP contribution is 2.25. The van der Waals surface area contributed by atoms with Gasteiger partial charge in [-0.15, -0.1) is 0 Å². The minimum atomic E-state index is -0.860. The largest absolute Gasteiger partial charge is 0.481 e. The fourth-order valence-corrected chi connectivity index (χ4v) is 3.36. The standard InChI is InChI=1S/C24H31N7O4/c1-23(2,14-35-15-24(3,4)12-20(33)34)11-19(32)27-16-8-9-18(26-13-16)22-30-28-21(29-31-22)17-7-5-6-10-25-17/h5-10,13H,11-12,14-15H2,1-4H3,(H,27,32)(H,28,29)(H,30,31)(H,33,34). The van der Waals surface area contributed by atoms with E-state index in [0.717, 1.165) is 0 Å². The molecule has 0 fully saturated rings. The number of carboxylic acids is 1. The van der Waals surface area contributed by atoms with Gasteiger partial charge in [-0.3, -0.25) is 30.4 Å². The molecule has 186 valence electrons. The van der Waals surface area contributed by atoms with E-state index in [0.29, 0.717) is 42.0 Å². The summed E-state index contributed by atoms with van der Waals surface area (Å²) in [6, 6.07) is 8.96. The van der Waals surface area contributed by atoms with Crippen LogP contribution in [0.4, 0.5) is 5.69 Å². The summed E-state index contributed by atoms with van der Waals surface area (Å²) in [6.07, 6.45) is 3.47. The molecule has 1 amide bonds. The summed E-state index contributed by atoms with van der Waals surface area (Å²) in [5.74, 6) is -0.0966. The number of aromatic nitrogens is 2. The molecular weight excluding hydrogens is 450 g/mol. The number of carboxylic acid groups (broad SMARTS) is 1. The Morgan fingerprint density at radius 2 is 1.54 bits per heavy atom. The Hall–Kier alpha value is -3.86. The zero-order chi connectivity index (χ0) is 25.5. The van der Waals surface area contributed by atoms with Crippen LogP contribution >= 0.6 is 0 Å². The van der Waals surface area contributed by atoms with Crippen LogP contribution in [0.1, 0.15) is 51.9 Å². The molecule has 2 aromatic heterocycles. The van der Waals surface area contributed by atoms with Crippen molar-refractivity contribution in [2.45, 2.75) is 40.5 Å². The summed E-state index contributed by atoms with van der Waals surface area (Å²) in [6.45, 7) is 8.17. The highest BCUT2D eigenvalue weighted by molar-refractivity contribution is 6.04. The van der Waals surface area contributed by atoms with Crippen molar-refractivity contribution in [2.75, 3.05) is 18.5 Å². The van der Waals surface area contributed by atoms with Crippen LogP contribution < -0.4 is 16.2 Å². The number of hydrazone groups is 2. The predicted molar refractivity (Wildman–Crippen MR) is 132 cm³/mol. The third-order valence-corrected chi connectivity index (χ3v) is 5.00. The van der Waals surface area contributed by atoms with Crippen molar-refractivity contribution < 1.29 is 19.4 Å². The molecule has 0 unspecified atom stereocenters. The number of amides is 1. The van der Waals surface area contributed by atoms with Crippen molar-refractivity contribution in [2.24, 2.45) is 21.0 Å². The number of pyridine rings is 2.